The normalized spacial score (nSPS) is 20.7. The Kier molecular flexibility index (Phi) is 5.59. The molecule has 1 aliphatic carbocycles. The van der Waals surface area contributed by atoms with Crippen LogP contribution in [0.2, 0.25) is 0 Å². The number of benzene rings is 1. The van der Waals surface area contributed by atoms with Gasteiger partial charge in [0.15, 0.2) is 0 Å². The molecular weight excluding hydrogens is 332 g/mol. The molecule has 1 saturated carbocycles. The highest BCUT2D eigenvalue weighted by Gasteiger charge is 2.38. The molecule has 2 aliphatic rings. The lowest BCUT2D eigenvalue weighted by molar-refractivity contribution is -0.129. The van der Waals surface area contributed by atoms with Crippen LogP contribution in [0.3, 0.4) is 0 Å². The van der Waals surface area contributed by atoms with E-state index in [0.29, 0.717) is 23.8 Å². The zero-order valence-electron chi connectivity index (χ0n) is 15.4. The molecule has 1 aromatic rings. The number of nitrogens with zero attached hydrogens (tertiary/aromatic N) is 1. The van der Waals surface area contributed by atoms with Crippen molar-refractivity contribution in [3.63, 3.8) is 0 Å². The summed E-state index contributed by atoms with van der Waals surface area (Å²) in [6.45, 7) is 4.10. The maximum Gasteiger partial charge on any atom is 0.338 e. The van der Waals surface area contributed by atoms with Gasteiger partial charge in [-0.15, -0.1) is 0 Å². The first-order chi connectivity index (χ1) is 12.4. The predicted molar refractivity (Wildman–Crippen MR) is 97.7 cm³/mol. The minimum Gasteiger partial charge on any atom is -0.459 e. The molecule has 0 radical (unpaired) electrons. The Labute approximate surface area is 153 Å². The highest BCUT2D eigenvalue weighted by molar-refractivity contribution is 5.97. The summed E-state index contributed by atoms with van der Waals surface area (Å²) >= 11 is 0. The second-order valence-corrected chi connectivity index (χ2v) is 7.41. The smallest absolute Gasteiger partial charge is 0.338 e. The number of hydrogen-bond acceptors (Lipinski definition) is 4. The zero-order chi connectivity index (χ0) is 18.7. The summed E-state index contributed by atoms with van der Waals surface area (Å²) in [6, 6.07) is 6.93. The molecule has 1 aliphatic heterocycles. The molecule has 1 atom stereocenters. The van der Waals surface area contributed by atoms with Gasteiger partial charge in [0.25, 0.3) is 0 Å². The summed E-state index contributed by atoms with van der Waals surface area (Å²) in [5.41, 5.74) is 1.06. The van der Waals surface area contributed by atoms with Crippen LogP contribution in [0.15, 0.2) is 24.3 Å². The number of rotatable bonds is 5. The summed E-state index contributed by atoms with van der Waals surface area (Å²) in [4.78, 5) is 38.5. The number of anilines is 1. The van der Waals surface area contributed by atoms with E-state index in [1.165, 1.54) is 0 Å². The van der Waals surface area contributed by atoms with Crippen molar-refractivity contribution in [2.75, 3.05) is 11.9 Å². The molecule has 6 nitrogen and oxygen atoms in total. The van der Waals surface area contributed by atoms with Crippen LogP contribution in [0.1, 0.15) is 56.3 Å². The van der Waals surface area contributed by atoms with Crippen LogP contribution in [0.4, 0.5) is 5.69 Å². The monoisotopic (exact) mass is 358 g/mol. The van der Waals surface area contributed by atoms with Crippen molar-refractivity contribution in [3.05, 3.63) is 29.8 Å². The first kappa shape index (κ1) is 18.4. The van der Waals surface area contributed by atoms with Gasteiger partial charge >= 0.3 is 5.97 Å². The van der Waals surface area contributed by atoms with Crippen molar-refractivity contribution in [3.8, 4) is 0 Å². The highest BCUT2D eigenvalue weighted by atomic mass is 16.5. The number of esters is 1. The lowest BCUT2D eigenvalue weighted by atomic mass is 10.1. The minimum atomic E-state index is -0.383. The number of amides is 2. The number of carbonyl (C=O) groups excluding carboxylic acids is 3. The Hall–Kier alpha value is -2.37. The number of likely N-dealkylation sites (tertiary alicyclic amines) is 1. The topological polar surface area (TPSA) is 75.7 Å². The SMILES string of the molecule is CC(C)OC(=O)c1ccc(NC(=O)C2CC(=O)N(C3CCCC3)C2)cc1. The number of nitrogens with one attached hydrogen (secondary N) is 1. The Morgan fingerprint density at radius 3 is 2.42 bits per heavy atom. The van der Waals surface area contributed by atoms with Gasteiger partial charge in [0.05, 0.1) is 17.6 Å². The van der Waals surface area contributed by atoms with Crippen molar-refractivity contribution < 1.29 is 19.1 Å². The summed E-state index contributed by atoms with van der Waals surface area (Å²) in [5.74, 6) is -0.750. The second-order valence-electron chi connectivity index (χ2n) is 7.41. The van der Waals surface area contributed by atoms with Gasteiger partial charge in [-0.05, 0) is 51.0 Å². The van der Waals surface area contributed by atoms with Crippen molar-refractivity contribution in [1.29, 1.82) is 0 Å². The molecule has 1 N–H and O–H groups in total. The van der Waals surface area contributed by atoms with Gasteiger partial charge in [-0.3, -0.25) is 9.59 Å². The maximum atomic E-state index is 12.5. The third-order valence-corrected chi connectivity index (χ3v) is 5.03. The molecule has 0 bridgehead atoms. The first-order valence-corrected chi connectivity index (χ1v) is 9.35. The van der Waals surface area contributed by atoms with E-state index in [4.69, 9.17) is 4.74 Å². The Morgan fingerprint density at radius 2 is 1.81 bits per heavy atom. The van der Waals surface area contributed by atoms with Gasteiger partial charge < -0.3 is 15.0 Å². The molecule has 0 spiro atoms. The Bertz CT molecular complexity index is 678. The van der Waals surface area contributed by atoms with Gasteiger partial charge in [0.2, 0.25) is 11.8 Å². The van der Waals surface area contributed by atoms with Crippen molar-refractivity contribution in [2.45, 2.75) is 58.1 Å². The fraction of sp³-hybridized carbons (Fsp3) is 0.550. The average molecular weight is 358 g/mol. The van der Waals surface area contributed by atoms with Crippen LogP contribution in [-0.4, -0.2) is 41.4 Å². The fourth-order valence-corrected chi connectivity index (χ4v) is 3.69. The van der Waals surface area contributed by atoms with Crippen molar-refractivity contribution in [1.82, 2.24) is 4.90 Å². The molecule has 1 aromatic carbocycles. The molecule has 3 rings (SSSR count). The standard InChI is InChI=1S/C20H26N2O4/c1-13(2)26-20(25)14-7-9-16(10-8-14)21-19(24)15-11-18(23)22(12-15)17-5-3-4-6-17/h7-10,13,15,17H,3-6,11-12H2,1-2H3,(H,21,24). The summed E-state index contributed by atoms with van der Waals surface area (Å²) in [7, 11) is 0. The van der Waals surface area contributed by atoms with E-state index in [2.05, 4.69) is 5.32 Å². The lowest BCUT2D eigenvalue weighted by Crippen LogP contribution is -2.35. The van der Waals surface area contributed by atoms with Gasteiger partial charge in [-0.1, -0.05) is 12.8 Å². The van der Waals surface area contributed by atoms with Crippen LogP contribution in [0.5, 0.6) is 0 Å². The predicted octanol–water partition coefficient (Wildman–Crippen LogP) is 2.98. The van der Waals surface area contributed by atoms with Crippen LogP contribution < -0.4 is 5.32 Å². The zero-order valence-corrected chi connectivity index (χ0v) is 15.4. The molecule has 0 aromatic heterocycles. The van der Waals surface area contributed by atoms with Gasteiger partial charge in [0, 0.05) is 24.7 Å². The van der Waals surface area contributed by atoms with Crippen LogP contribution in [0, 0.1) is 5.92 Å². The van der Waals surface area contributed by atoms with Crippen molar-refractivity contribution in [2.24, 2.45) is 5.92 Å². The molecule has 2 amide bonds. The van der Waals surface area contributed by atoms with Crippen LogP contribution in [0.25, 0.3) is 0 Å². The van der Waals surface area contributed by atoms with E-state index >= 15 is 0 Å². The molecule has 140 valence electrons. The van der Waals surface area contributed by atoms with E-state index in [-0.39, 0.29) is 36.2 Å². The van der Waals surface area contributed by atoms with Gasteiger partial charge in [-0.25, -0.2) is 4.79 Å². The molecule has 26 heavy (non-hydrogen) atoms. The minimum absolute atomic E-state index is 0.0869. The number of hydrogen-bond donors (Lipinski definition) is 1. The third kappa shape index (κ3) is 4.23. The average Bonchev–Trinajstić information content (AvgIpc) is 3.24. The van der Waals surface area contributed by atoms with Crippen LogP contribution >= 0.6 is 0 Å². The molecule has 1 unspecified atom stereocenters. The molecule has 2 fully saturated rings. The molecule has 1 saturated heterocycles. The van der Waals surface area contributed by atoms with Crippen molar-refractivity contribution >= 4 is 23.5 Å². The number of carbonyl (C=O) groups is 3. The summed E-state index contributed by atoms with van der Waals surface area (Å²) in [5, 5.41) is 2.85. The second kappa shape index (κ2) is 7.89. The van der Waals surface area contributed by atoms with E-state index in [1.807, 2.05) is 4.90 Å². The van der Waals surface area contributed by atoms with E-state index in [9.17, 15) is 14.4 Å². The van der Waals surface area contributed by atoms with Crippen LogP contribution in [-0.2, 0) is 14.3 Å². The van der Waals surface area contributed by atoms with Gasteiger partial charge in [0.1, 0.15) is 0 Å². The fourth-order valence-electron chi connectivity index (χ4n) is 3.69. The van der Waals surface area contributed by atoms with Gasteiger partial charge in [-0.2, -0.15) is 0 Å². The molecule has 1 heterocycles. The Balaban J connectivity index is 1.56. The third-order valence-electron chi connectivity index (χ3n) is 5.03. The maximum absolute atomic E-state index is 12.5. The van der Waals surface area contributed by atoms with E-state index < -0.39 is 0 Å². The molecular formula is C20H26N2O4. The molecule has 6 heteroatoms. The largest absolute Gasteiger partial charge is 0.459 e. The van der Waals surface area contributed by atoms with E-state index in [0.717, 1.165) is 25.7 Å². The lowest BCUT2D eigenvalue weighted by Gasteiger charge is -2.23. The quantitative estimate of drug-likeness (QED) is 0.821. The Morgan fingerprint density at radius 1 is 1.15 bits per heavy atom. The highest BCUT2D eigenvalue weighted by Crippen LogP contribution is 2.30. The summed E-state index contributed by atoms with van der Waals surface area (Å²) < 4.78 is 5.14. The number of ether oxygens (including phenoxy) is 1. The summed E-state index contributed by atoms with van der Waals surface area (Å²) in [6.07, 6.45) is 4.53. The first-order valence-electron chi connectivity index (χ1n) is 9.35. The van der Waals surface area contributed by atoms with E-state index in [1.54, 1.807) is 38.1 Å².